The van der Waals surface area contributed by atoms with Gasteiger partial charge in [0.05, 0.1) is 0 Å². The molecule has 1 aromatic carbocycles. The van der Waals surface area contributed by atoms with Crippen LogP contribution in [0.4, 0.5) is 0 Å². The monoisotopic (exact) mass is 238 g/mol. The molecule has 0 aliphatic heterocycles. The molecule has 0 unspecified atom stereocenters. The van der Waals surface area contributed by atoms with Gasteiger partial charge < -0.3 is 5.11 Å². The largest absolute Gasteiger partial charge is 0.507 e. The zero-order valence-corrected chi connectivity index (χ0v) is 12.7. The predicted molar refractivity (Wildman–Crippen MR) is 78.9 cm³/mol. The highest BCUT2D eigenvalue weighted by molar-refractivity contribution is 5.43. The average Bonchev–Trinajstić information content (AvgIpc) is 2.43. The summed E-state index contributed by atoms with van der Waals surface area (Å²) in [7, 11) is 0. The third kappa shape index (κ3) is 5.76. The van der Waals surface area contributed by atoms with Crippen molar-refractivity contribution in [3.05, 3.63) is 28.8 Å². The summed E-state index contributed by atoms with van der Waals surface area (Å²) in [6.07, 6.45) is 2.86. The second-order valence-corrected chi connectivity index (χ2v) is 3.32. The predicted octanol–water partition coefficient (Wildman–Crippen LogP) is 5.13. The van der Waals surface area contributed by atoms with E-state index in [4.69, 9.17) is 0 Å². The van der Waals surface area contributed by atoms with Gasteiger partial charge in [-0.2, -0.15) is 0 Å². The molecule has 1 rings (SSSR count). The molecular formula is C16H30O. The van der Waals surface area contributed by atoms with Gasteiger partial charge in [0.2, 0.25) is 0 Å². The Labute approximate surface area is 108 Å². The summed E-state index contributed by atoms with van der Waals surface area (Å²) in [5.74, 6) is 0.502. The van der Waals surface area contributed by atoms with E-state index in [0.29, 0.717) is 5.75 Å². The Balaban J connectivity index is 0. The Bertz CT molecular complexity index is 265. The van der Waals surface area contributed by atoms with E-state index in [1.165, 1.54) is 5.56 Å². The van der Waals surface area contributed by atoms with Crippen LogP contribution in [0.15, 0.2) is 12.1 Å². The van der Waals surface area contributed by atoms with Gasteiger partial charge in [-0.05, 0) is 36.0 Å². The molecule has 0 saturated heterocycles. The maximum Gasteiger partial charge on any atom is 0.121 e. The third-order valence-corrected chi connectivity index (χ3v) is 2.50. The fraction of sp³-hybridized carbons (Fsp3) is 0.625. The van der Waals surface area contributed by atoms with Gasteiger partial charge in [-0.3, -0.25) is 0 Å². The quantitative estimate of drug-likeness (QED) is 0.773. The molecule has 0 heterocycles. The molecule has 0 aromatic heterocycles. The van der Waals surface area contributed by atoms with Crippen molar-refractivity contribution in [3.63, 3.8) is 0 Å². The lowest BCUT2D eigenvalue weighted by molar-refractivity contribution is 0.462. The molecule has 0 aliphatic carbocycles. The molecule has 0 atom stereocenters. The fourth-order valence-corrected chi connectivity index (χ4v) is 1.58. The molecule has 0 aliphatic rings. The van der Waals surface area contributed by atoms with Gasteiger partial charge in [0.25, 0.3) is 0 Å². The van der Waals surface area contributed by atoms with Crippen molar-refractivity contribution in [2.45, 2.75) is 67.7 Å². The topological polar surface area (TPSA) is 20.2 Å². The summed E-state index contributed by atoms with van der Waals surface area (Å²) in [5, 5.41) is 9.81. The van der Waals surface area contributed by atoms with Crippen molar-refractivity contribution in [2.24, 2.45) is 0 Å². The maximum absolute atomic E-state index is 9.81. The molecule has 1 heteroatoms. The molecular weight excluding hydrogens is 208 g/mol. The van der Waals surface area contributed by atoms with E-state index in [9.17, 15) is 5.11 Å². The molecule has 1 N–H and O–H groups in total. The molecule has 0 bridgehead atoms. The van der Waals surface area contributed by atoms with Gasteiger partial charge in [-0.25, -0.2) is 0 Å². The Morgan fingerprint density at radius 3 is 1.35 bits per heavy atom. The summed E-state index contributed by atoms with van der Waals surface area (Å²) in [5.41, 5.74) is 3.49. The van der Waals surface area contributed by atoms with Crippen LogP contribution in [0, 0.1) is 0 Å². The van der Waals surface area contributed by atoms with Crippen molar-refractivity contribution in [2.75, 3.05) is 0 Å². The lowest BCUT2D eigenvalue weighted by atomic mass is 9.99. The van der Waals surface area contributed by atoms with Crippen molar-refractivity contribution in [3.8, 4) is 5.75 Å². The second-order valence-electron chi connectivity index (χ2n) is 3.32. The standard InChI is InChI=1S/C12H18O.2C2H6/c1-4-9-7-10(5-2)12(13)11(6-3)8-9;2*1-2/h7-8,13H,4-6H2,1-3H3;2*1-2H3. The fourth-order valence-electron chi connectivity index (χ4n) is 1.58. The van der Waals surface area contributed by atoms with Crippen LogP contribution < -0.4 is 0 Å². The Morgan fingerprint density at radius 2 is 1.12 bits per heavy atom. The lowest BCUT2D eigenvalue weighted by Gasteiger charge is -2.09. The van der Waals surface area contributed by atoms with Crippen molar-refractivity contribution >= 4 is 0 Å². The molecule has 100 valence electrons. The van der Waals surface area contributed by atoms with Crippen LogP contribution in [0.1, 0.15) is 65.2 Å². The molecule has 0 spiro atoms. The van der Waals surface area contributed by atoms with E-state index in [1.54, 1.807) is 0 Å². The highest BCUT2D eigenvalue weighted by atomic mass is 16.3. The van der Waals surface area contributed by atoms with Crippen molar-refractivity contribution < 1.29 is 5.11 Å². The normalized spacial score (nSPS) is 8.65. The van der Waals surface area contributed by atoms with Crippen molar-refractivity contribution in [1.29, 1.82) is 0 Å². The second kappa shape index (κ2) is 11.5. The summed E-state index contributed by atoms with van der Waals surface area (Å²) in [4.78, 5) is 0. The number of phenolic OH excluding ortho intramolecular Hbond substituents is 1. The summed E-state index contributed by atoms with van der Waals surface area (Å²) in [6, 6.07) is 4.21. The molecule has 1 nitrogen and oxygen atoms in total. The van der Waals surface area contributed by atoms with Crippen LogP contribution in [-0.4, -0.2) is 5.11 Å². The van der Waals surface area contributed by atoms with Crippen LogP contribution in [0.25, 0.3) is 0 Å². The summed E-state index contributed by atoms with van der Waals surface area (Å²) >= 11 is 0. The van der Waals surface area contributed by atoms with Gasteiger partial charge in [-0.15, -0.1) is 0 Å². The smallest absolute Gasteiger partial charge is 0.121 e. The maximum atomic E-state index is 9.81. The average molecular weight is 238 g/mol. The number of aromatic hydroxyl groups is 1. The zero-order chi connectivity index (χ0) is 13.8. The minimum atomic E-state index is 0.502. The van der Waals surface area contributed by atoms with Gasteiger partial charge in [0.1, 0.15) is 5.75 Å². The third-order valence-electron chi connectivity index (χ3n) is 2.50. The minimum Gasteiger partial charge on any atom is -0.507 e. The highest BCUT2D eigenvalue weighted by Crippen LogP contribution is 2.25. The van der Waals surface area contributed by atoms with E-state index in [1.807, 2.05) is 27.7 Å². The van der Waals surface area contributed by atoms with E-state index in [2.05, 4.69) is 32.9 Å². The summed E-state index contributed by atoms with van der Waals surface area (Å²) in [6.45, 7) is 14.3. The number of benzene rings is 1. The van der Waals surface area contributed by atoms with Gasteiger partial charge >= 0.3 is 0 Å². The van der Waals surface area contributed by atoms with E-state index in [0.717, 1.165) is 30.4 Å². The van der Waals surface area contributed by atoms with Crippen LogP contribution in [-0.2, 0) is 19.3 Å². The van der Waals surface area contributed by atoms with E-state index in [-0.39, 0.29) is 0 Å². The Hall–Kier alpha value is -0.980. The summed E-state index contributed by atoms with van der Waals surface area (Å²) < 4.78 is 0. The van der Waals surface area contributed by atoms with E-state index >= 15 is 0 Å². The van der Waals surface area contributed by atoms with Crippen LogP contribution >= 0.6 is 0 Å². The van der Waals surface area contributed by atoms with Gasteiger partial charge in [0, 0.05) is 0 Å². The lowest BCUT2D eigenvalue weighted by Crippen LogP contribution is -1.92. The Kier molecular flexibility index (Phi) is 12.4. The molecule has 0 amide bonds. The number of hydrogen-bond donors (Lipinski definition) is 1. The number of hydrogen-bond acceptors (Lipinski definition) is 1. The van der Waals surface area contributed by atoms with Gasteiger partial charge in [0.15, 0.2) is 0 Å². The van der Waals surface area contributed by atoms with Gasteiger partial charge in [-0.1, -0.05) is 60.6 Å². The first-order valence-electron chi connectivity index (χ1n) is 7.06. The molecule has 0 fully saturated rings. The van der Waals surface area contributed by atoms with Crippen molar-refractivity contribution in [1.82, 2.24) is 0 Å². The number of rotatable bonds is 3. The molecule has 0 radical (unpaired) electrons. The first-order chi connectivity index (χ1) is 8.22. The van der Waals surface area contributed by atoms with Crippen LogP contribution in [0.2, 0.25) is 0 Å². The van der Waals surface area contributed by atoms with Crippen LogP contribution in [0.5, 0.6) is 5.75 Å². The van der Waals surface area contributed by atoms with Crippen LogP contribution in [0.3, 0.4) is 0 Å². The molecule has 0 saturated carbocycles. The van der Waals surface area contributed by atoms with E-state index < -0.39 is 0 Å². The first-order valence-corrected chi connectivity index (χ1v) is 7.06. The Morgan fingerprint density at radius 1 is 0.765 bits per heavy atom. The number of aryl methyl sites for hydroxylation is 3. The zero-order valence-electron chi connectivity index (χ0n) is 12.7. The molecule has 1 aromatic rings. The highest BCUT2D eigenvalue weighted by Gasteiger charge is 2.05. The number of phenols is 1. The molecule has 17 heavy (non-hydrogen) atoms. The minimum absolute atomic E-state index is 0.502. The SMILES string of the molecule is CC.CC.CCc1cc(CC)c(O)c(CC)c1. The first kappa shape index (κ1) is 18.4.